The molecule has 1 aromatic carbocycles. The van der Waals surface area contributed by atoms with Gasteiger partial charge in [0.25, 0.3) is 0 Å². The molecule has 116 valence electrons. The Hall–Kier alpha value is -1.17. The second-order valence-corrected chi connectivity index (χ2v) is 5.88. The van der Waals surface area contributed by atoms with Gasteiger partial charge in [0.05, 0.1) is 6.54 Å². The fourth-order valence-electron chi connectivity index (χ4n) is 2.42. The average Bonchev–Trinajstić information content (AvgIpc) is 2.45. The maximum atomic E-state index is 13.8. The normalized spacial score (nSPS) is 19.5. The number of amides is 1. The number of likely N-dealkylation sites (N-methyl/N-ethyl adjacent to an activating group) is 1. The Kier molecular flexibility index (Phi) is 5.56. The molecule has 1 aromatic rings. The molecule has 1 N–H and O–H groups in total. The molecule has 1 atom stereocenters. The lowest BCUT2D eigenvalue weighted by Gasteiger charge is -2.34. The van der Waals surface area contributed by atoms with Gasteiger partial charge in [-0.25, -0.2) is 4.39 Å². The van der Waals surface area contributed by atoms with Gasteiger partial charge in [-0.1, -0.05) is 17.7 Å². The van der Waals surface area contributed by atoms with Crippen molar-refractivity contribution in [2.24, 2.45) is 0 Å². The highest BCUT2D eigenvalue weighted by molar-refractivity contribution is 6.31. The van der Waals surface area contributed by atoms with Gasteiger partial charge < -0.3 is 10.2 Å². The first-order chi connectivity index (χ1) is 9.99. The van der Waals surface area contributed by atoms with Crippen molar-refractivity contribution in [3.05, 3.63) is 34.6 Å². The molecule has 1 aliphatic rings. The van der Waals surface area contributed by atoms with E-state index in [2.05, 4.69) is 17.1 Å². The van der Waals surface area contributed by atoms with E-state index in [0.29, 0.717) is 23.2 Å². The summed E-state index contributed by atoms with van der Waals surface area (Å²) in [5.41, 5.74) is 0.364. The van der Waals surface area contributed by atoms with Gasteiger partial charge in [0.15, 0.2) is 0 Å². The summed E-state index contributed by atoms with van der Waals surface area (Å²) in [6, 6.07) is 4.88. The van der Waals surface area contributed by atoms with Crippen LogP contribution in [0.1, 0.15) is 12.5 Å². The lowest BCUT2D eigenvalue weighted by molar-refractivity contribution is -0.132. The number of carbonyl (C=O) groups excluding carboxylic acids is 1. The fraction of sp³-hybridized carbons (Fsp3) is 0.533. The largest absolute Gasteiger partial charge is 0.340 e. The predicted octanol–water partition coefficient (Wildman–Crippen LogP) is 1.73. The van der Waals surface area contributed by atoms with Crippen LogP contribution in [0, 0.1) is 5.82 Å². The Morgan fingerprint density at radius 3 is 3.00 bits per heavy atom. The molecule has 0 unspecified atom stereocenters. The topological polar surface area (TPSA) is 35.6 Å². The van der Waals surface area contributed by atoms with Crippen molar-refractivity contribution in [2.75, 3.05) is 33.2 Å². The summed E-state index contributed by atoms with van der Waals surface area (Å²) >= 11 is 6.00. The first-order valence-electron chi connectivity index (χ1n) is 7.10. The maximum Gasteiger partial charge on any atom is 0.236 e. The molecule has 1 aliphatic heterocycles. The molecular weight excluding hydrogens is 293 g/mol. The van der Waals surface area contributed by atoms with Crippen LogP contribution in [0.5, 0.6) is 0 Å². The molecule has 4 nitrogen and oxygen atoms in total. The van der Waals surface area contributed by atoms with Crippen molar-refractivity contribution in [3.63, 3.8) is 0 Å². The third kappa shape index (κ3) is 4.15. The Morgan fingerprint density at radius 1 is 1.57 bits per heavy atom. The molecule has 1 saturated heterocycles. The molecule has 0 spiro atoms. The third-order valence-corrected chi connectivity index (χ3v) is 4.21. The zero-order chi connectivity index (χ0) is 15.4. The standard InChI is InChI=1S/C15H21ClFN3O/c1-11-8-18-6-7-20(11)10-15(21)19(2)9-12-13(16)4-3-5-14(12)17/h3-5,11,18H,6-10H2,1-2H3/t11-/m0/s1. The van der Waals surface area contributed by atoms with Gasteiger partial charge in [0.1, 0.15) is 5.82 Å². The number of hydrogen-bond donors (Lipinski definition) is 1. The van der Waals surface area contributed by atoms with Gasteiger partial charge in [-0.15, -0.1) is 0 Å². The number of nitrogens with zero attached hydrogens (tertiary/aromatic N) is 2. The first kappa shape index (κ1) is 16.2. The monoisotopic (exact) mass is 313 g/mol. The molecular formula is C15H21ClFN3O. The van der Waals surface area contributed by atoms with Gasteiger partial charge >= 0.3 is 0 Å². The summed E-state index contributed by atoms with van der Waals surface area (Å²) in [4.78, 5) is 15.9. The molecule has 6 heteroatoms. The molecule has 0 radical (unpaired) electrons. The zero-order valence-electron chi connectivity index (χ0n) is 12.4. The highest BCUT2D eigenvalue weighted by Gasteiger charge is 2.22. The summed E-state index contributed by atoms with van der Waals surface area (Å²) < 4.78 is 13.8. The van der Waals surface area contributed by atoms with E-state index in [1.807, 2.05) is 0 Å². The highest BCUT2D eigenvalue weighted by Crippen LogP contribution is 2.20. The molecule has 1 heterocycles. The van der Waals surface area contributed by atoms with Crippen LogP contribution in [0.15, 0.2) is 18.2 Å². The van der Waals surface area contributed by atoms with Crippen molar-refractivity contribution in [1.29, 1.82) is 0 Å². The lowest BCUT2D eigenvalue weighted by Crippen LogP contribution is -2.52. The number of halogens is 2. The van der Waals surface area contributed by atoms with Gasteiger partial charge in [-0.3, -0.25) is 9.69 Å². The Balaban J connectivity index is 1.96. The van der Waals surface area contributed by atoms with Crippen molar-refractivity contribution in [1.82, 2.24) is 15.1 Å². The van der Waals surface area contributed by atoms with E-state index in [1.165, 1.54) is 11.0 Å². The number of benzene rings is 1. The smallest absolute Gasteiger partial charge is 0.236 e. The predicted molar refractivity (Wildman–Crippen MR) is 81.8 cm³/mol. The molecule has 0 aromatic heterocycles. The Bertz CT molecular complexity index is 491. The number of carbonyl (C=O) groups is 1. The van der Waals surface area contributed by atoms with E-state index < -0.39 is 0 Å². The van der Waals surface area contributed by atoms with Crippen LogP contribution in [0.25, 0.3) is 0 Å². The third-order valence-electron chi connectivity index (χ3n) is 3.86. The maximum absolute atomic E-state index is 13.8. The van der Waals surface area contributed by atoms with Crippen LogP contribution in [0.2, 0.25) is 5.02 Å². The molecule has 1 amide bonds. The van der Waals surface area contributed by atoms with E-state index in [0.717, 1.165) is 19.6 Å². The van der Waals surface area contributed by atoms with Gasteiger partial charge in [0, 0.05) is 49.9 Å². The van der Waals surface area contributed by atoms with Gasteiger partial charge in [-0.2, -0.15) is 0 Å². The van der Waals surface area contributed by atoms with Crippen LogP contribution in [-0.2, 0) is 11.3 Å². The van der Waals surface area contributed by atoms with Crippen LogP contribution < -0.4 is 5.32 Å². The van der Waals surface area contributed by atoms with Crippen molar-refractivity contribution < 1.29 is 9.18 Å². The van der Waals surface area contributed by atoms with Gasteiger partial charge in [0.2, 0.25) is 5.91 Å². The van der Waals surface area contributed by atoms with Crippen LogP contribution in [-0.4, -0.2) is 55.0 Å². The zero-order valence-corrected chi connectivity index (χ0v) is 13.2. The fourth-order valence-corrected chi connectivity index (χ4v) is 2.64. The quantitative estimate of drug-likeness (QED) is 0.919. The molecule has 1 fully saturated rings. The number of nitrogens with one attached hydrogen (secondary N) is 1. The summed E-state index contributed by atoms with van der Waals surface area (Å²) in [6.45, 7) is 5.25. The van der Waals surface area contributed by atoms with Crippen LogP contribution in [0.4, 0.5) is 4.39 Å². The van der Waals surface area contributed by atoms with Crippen molar-refractivity contribution >= 4 is 17.5 Å². The molecule has 2 rings (SSSR count). The average molecular weight is 314 g/mol. The summed E-state index contributed by atoms with van der Waals surface area (Å²) in [7, 11) is 1.68. The molecule has 21 heavy (non-hydrogen) atoms. The Morgan fingerprint density at radius 2 is 2.33 bits per heavy atom. The summed E-state index contributed by atoms with van der Waals surface area (Å²) in [5.74, 6) is -0.402. The van der Waals surface area contributed by atoms with E-state index in [9.17, 15) is 9.18 Å². The minimum Gasteiger partial charge on any atom is -0.340 e. The summed E-state index contributed by atoms with van der Waals surface area (Å²) in [6.07, 6.45) is 0. The highest BCUT2D eigenvalue weighted by atomic mass is 35.5. The lowest BCUT2D eigenvalue weighted by atomic mass is 10.2. The first-order valence-corrected chi connectivity index (χ1v) is 7.48. The van der Waals surface area contributed by atoms with E-state index in [4.69, 9.17) is 11.6 Å². The van der Waals surface area contributed by atoms with E-state index in [1.54, 1.807) is 19.2 Å². The number of rotatable bonds is 4. The molecule has 0 aliphatic carbocycles. The van der Waals surface area contributed by atoms with Crippen LogP contribution in [0.3, 0.4) is 0 Å². The van der Waals surface area contributed by atoms with Gasteiger partial charge in [-0.05, 0) is 19.1 Å². The SMILES string of the molecule is C[C@H]1CNCCN1CC(=O)N(C)Cc1c(F)cccc1Cl. The summed E-state index contributed by atoms with van der Waals surface area (Å²) in [5, 5.41) is 3.64. The molecule has 0 bridgehead atoms. The van der Waals surface area contributed by atoms with Crippen molar-refractivity contribution in [3.8, 4) is 0 Å². The Labute approximate surface area is 129 Å². The van der Waals surface area contributed by atoms with E-state index >= 15 is 0 Å². The number of piperazine rings is 1. The van der Waals surface area contributed by atoms with Crippen molar-refractivity contribution in [2.45, 2.75) is 19.5 Å². The second kappa shape index (κ2) is 7.20. The van der Waals surface area contributed by atoms with E-state index in [-0.39, 0.29) is 18.3 Å². The molecule has 0 saturated carbocycles. The second-order valence-electron chi connectivity index (χ2n) is 5.47. The van der Waals surface area contributed by atoms with Crippen LogP contribution >= 0.6 is 11.6 Å². The minimum atomic E-state index is -0.377. The minimum absolute atomic E-state index is 0.0249. The number of hydrogen-bond acceptors (Lipinski definition) is 3.